The number of hydrogen-bond acceptors (Lipinski definition) is 7. The van der Waals surface area contributed by atoms with Crippen LogP contribution in [0.15, 0.2) is 30.3 Å². The van der Waals surface area contributed by atoms with Crippen molar-refractivity contribution in [1.29, 1.82) is 0 Å². The Balaban J connectivity index is 1.87. The zero-order valence-corrected chi connectivity index (χ0v) is 17.8. The first-order chi connectivity index (χ1) is 13.9. The summed E-state index contributed by atoms with van der Waals surface area (Å²) in [6.45, 7) is 5.76. The van der Waals surface area contributed by atoms with Crippen LogP contribution < -0.4 is 10.6 Å². The highest BCUT2D eigenvalue weighted by molar-refractivity contribution is 7.92. The Hall–Kier alpha value is -2.19. The fourth-order valence-corrected chi connectivity index (χ4v) is 6.03. The van der Waals surface area contributed by atoms with Crippen LogP contribution in [0.2, 0.25) is 0 Å². The van der Waals surface area contributed by atoms with Crippen LogP contribution in [0.3, 0.4) is 0 Å². The van der Waals surface area contributed by atoms with Gasteiger partial charge in [-0.05, 0) is 50.5 Å². The Labute approximate surface area is 172 Å². The number of nitrogens with zero attached hydrogens (tertiary/aromatic N) is 3. The molecule has 1 saturated heterocycles. The molecule has 1 aliphatic heterocycles. The Morgan fingerprint density at radius 3 is 2.55 bits per heavy atom. The second kappa shape index (κ2) is 7.57. The summed E-state index contributed by atoms with van der Waals surface area (Å²) in [7, 11) is -3.30. The number of anilines is 2. The molecule has 4 rings (SSSR count). The van der Waals surface area contributed by atoms with E-state index in [-0.39, 0.29) is 11.8 Å². The minimum Gasteiger partial charge on any atom is -0.399 e. The van der Waals surface area contributed by atoms with Crippen LogP contribution in [0, 0.1) is 0 Å². The van der Waals surface area contributed by atoms with Crippen molar-refractivity contribution in [3.05, 3.63) is 36.0 Å². The average molecular weight is 417 g/mol. The molecule has 1 aromatic carbocycles. The molecule has 29 heavy (non-hydrogen) atoms. The zero-order valence-electron chi connectivity index (χ0n) is 17.0. The number of morpholine rings is 1. The molecule has 0 radical (unpaired) electrons. The van der Waals surface area contributed by atoms with Crippen molar-refractivity contribution in [1.82, 2.24) is 9.97 Å². The molecule has 0 bridgehead atoms. The van der Waals surface area contributed by atoms with Crippen LogP contribution in [-0.4, -0.2) is 49.9 Å². The minimum absolute atomic E-state index is 0.109. The maximum atomic E-state index is 13.0. The second-order valence-corrected chi connectivity index (χ2v) is 10.5. The van der Waals surface area contributed by atoms with E-state index in [0.717, 1.165) is 17.8 Å². The maximum absolute atomic E-state index is 13.0. The first-order valence-electron chi connectivity index (χ1n) is 10.2. The molecule has 8 heteroatoms. The average Bonchev–Trinajstić information content (AvgIpc) is 2.67. The molecule has 2 heterocycles. The molecule has 2 fully saturated rings. The number of sulfone groups is 1. The molecule has 0 unspecified atom stereocenters. The molecule has 2 N–H and O–H groups in total. The molecular formula is C21H28N4O3S. The molecule has 0 spiro atoms. The van der Waals surface area contributed by atoms with Crippen molar-refractivity contribution in [2.75, 3.05) is 36.1 Å². The first kappa shape index (κ1) is 20.1. The van der Waals surface area contributed by atoms with Gasteiger partial charge in [-0.25, -0.2) is 18.4 Å². The number of ether oxygens (including phenoxy) is 1. The van der Waals surface area contributed by atoms with E-state index in [4.69, 9.17) is 20.4 Å². The Bertz CT molecular complexity index is 987. The van der Waals surface area contributed by atoms with Crippen molar-refractivity contribution >= 4 is 21.3 Å². The van der Waals surface area contributed by atoms with E-state index in [9.17, 15) is 8.42 Å². The van der Waals surface area contributed by atoms with Crippen molar-refractivity contribution in [2.45, 2.75) is 43.9 Å². The van der Waals surface area contributed by atoms with E-state index in [1.54, 1.807) is 6.92 Å². The highest BCUT2D eigenvalue weighted by atomic mass is 32.2. The van der Waals surface area contributed by atoms with Crippen LogP contribution in [0.4, 0.5) is 11.5 Å². The van der Waals surface area contributed by atoms with E-state index in [1.165, 1.54) is 0 Å². The molecule has 1 atom stereocenters. The van der Waals surface area contributed by atoms with Gasteiger partial charge in [-0.3, -0.25) is 0 Å². The lowest BCUT2D eigenvalue weighted by molar-refractivity contribution is 0.0985. The van der Waals surface area contributed by atoms with Gasteiger partial charge in [0, 0.05) is 29.6 Å². The van der Waals surface area contributed by atoms with Crippen molar-refractivity contribution in [3.8, 4) is 11.4 Å². The summed E-state index contributed by atoms with van der Waals surface area (Å²) in [5, 5.41) is 0. The lowest BCUT2D eigenvalue weighted by atomic mass is 9.81. The van der Waals surface area contributed by atoms with E-state index in [2.05, 4.69) is 11.8 Å². The normalized spacial score (nSPS) is 21.6. The van der Waals surface area contributed by atoms with Crippen LogP contribution in [0.25, 0.3) is 11.4 Å². The largest absolute Gasteiger partial charge is 0.399 e. The Morgan fingerprint density at radius 1 is 1.24 bits per heavy atom. The van der Waals surface area contributed by atoms with Crippen LogP contribution in [0.5, 0.6) is 0 Å². The van der Waals surface area contributed by atoms with Gasteiger partial charge in [-0.15, -0.1) is 0 Å². The highest BCUT2D eigenvalue weighted by Crippen LogP contribution is 2.48. The second-order valence-electron chi connectivity index (χ2n) is 7.93. The van der Waals surface area contributed by atoms with Crippen molar-refractivity contribution in [3.63, 3.8) is 0 Å². The zero-order chi connectivity index (χ0) is 20.6. The van der Waals surface area contributed by atoms with Crippen LogP contribution in [-0.2, 0) is 19.3 Å². The summed E-state index contributed by atoms with van der Waals surface area (Å²) in [6, 6.07) is 9.42. The number of nitrogens with two attached hydrogens (primary N) is 1. The summed E-state index contributed by atoms with van der Waals surface area (Å²) in [5.41, 5.74) is 7.93. The van der Waals surface area contributed by atoms with Crippen LogP contribution in [0.1, 0.15) is 38.8 Å². The first-order valence-corrected chi connectivity index (χ1v) is 11.8. The van der Waals surface area contributed by atoms with Gasteiger partial charge in [0.15, 0.2) is 15.7 Å². The fraction of sp³-hybridized carbons (Fsp3) is 0.524. The Morgan fingerprint density at radius 2 is 1.97 bits per heavy atom. The smallest absolute Gasteiger partial charge is 0.161 e. The fourth-order valence-electron chi connectivity index (χ4n) is 4.14. The minimum atomic E-state index is -3.30. The molecular weight excluding hydrogens is 388 g/mol. The van der Waals surface area contributed by atoms with Gasteiger partial charge in [-0.2, -0.15) is 0 Å². The van der Waals surface area contributed by atoms with Gasteiger partial charge in [0.25, 0.3) is 0 Å². The third-order valence-electron chi connectivity index (χ3n) is 6.15. The molecule has 1 aromatic heterocycles. The monoisotopic (exact) mass is 416 g/mol. The maximum Gasteiger partial charge on any atom is 0.161 e. The molecule has 0 amide bonds. The third kappa shape index (κ3) is 3.48. The summed E-state index contributed by atoms with van der Waals surface area (Å²) >= 11 is 0. The van der Waals surface area contributed by atoms with E-state index in [1.807, 2.05) is 30.3 Å². The number of aromatic nitrogens is 2. The van der Waals surface area contributed by atoms with Gasteiger partial charge in [0.05, 0.1) is 24.9 Å². The van der Waals surface area contributed by atoms with E-state index < -0.39 is 14.6 Å². The lowest BCUT2D eigenvalue weighted by Crippen LogP contribution is -2.46. The highest BCUT2D eigenvalue weighted by Gasteiger charge is 2.51. The number of nitrogen functional groups attached to an aromatic ring is 1. The lowest BCUT2D eigenvalue weighted by Gasteiger charge is -2.41. The number of rotatable bonds is 5. The summed E-state index contributed by atoms with van der Waals surface area (Å²) < 4.78 is 30.7. The topological polar surface area (TPSA) is 98.4 Å². The summed E-state index contributed by atoms with van der Waals surface area (Å²) in [5.74, 6) is 1.40. The molecule has 7 nitrogen and oxygen atoms in total. The van der Waals surface area contributed by atoms with Crippen LogP contribution >= 0.6 is 0 Å². The van der Waals surface area contributed by atoms with Gasteiger partial charge in [0.2, 0.25) is 0 Å². The predicted octanol–water partition coefficient (Wildman–Crippen LogP) is 2.76. The number of benzene rings is 1. The molecule has 2 aliphatic rings. The standard InChI is InChI=1S/C21H28N4O3S/c1-3-29(26,27)21(9-4-10-21)18-13-19(25-11-12-28-14-15(25)2)24-20(23-18)16-5-7-17(22)8-6-16/h5-8,13,15H,3-4,9-12,14,22H2,1-2H3/t15-/m0/s1. The molecule has 1 aliphatic carbocycles. The van der Waals surface area contributed by atoms with Gasteiger partial charge in [0.1, 0.15) is 10.6 Å². The molecule has 2 aromatic rings. The van der Waals surface area contributed by atoms with E-state index >= 15 is 0 Å². The SMILES string of the molecule is CCS(=O)(=O)C1(c2cc(N3CCOC[C@@H]3C)nc(-c3ccc(N)cc3)n2)CCC1. The third-order valence-corrected chi connectivity index (χ3v) is 8.71. The Kier molecular flexibility index (Phi) is 5.25. The van der Waals surface area contributed by atoms with Gasteiger partial charge < -0.3 is 15.4 Å². The van der Waals surface area contributed by atoms with Crippen molar-refractivity contribution < 1.29 is 13.2 Å². The summed E-state index contributed by atoms with van der Waals surface area (Å²) in [6.07, 6.45) is 2.11. The number of hydrogen-bond donors (Lipinski definition) is 1. The predicted molar refractivity (Wildman–Crippen MR) is 114 cm³/mol. The molecule has 1 saturated carbocycles. The van der Waals surface area contributed by atoms with Crippen molar-refractivity contribution in [2.24, 2.45) is 0 Å². The molecule has 156 valence electrons. The quantitative estimate of drug-likeness (QED) is 0.748. The summed E-state index contributed by atoms with van der Waals surface area (Å²) in [4.78, 5) is 11.8. The van der Waals surface area contributed by atoms with Gasteiger partial charge in [-0.1, -0.05) is 6.92 Å². The van der Waals surface area contributed by atoms with E-state index in [0.29, 0.717) is 49.8 Å². The van der Waals surface area contributed by atoms with Gasteiger partial charge >= 0.3 is 0 Å².